The molecule has 0 fully saturated rings. The van der Waals surface area contributed by atoms with Crippen molar-refractivity contribution in [2.75, 3.05) is 0 Å². The van der Waals surface area contributed by atoms with Crippen LogP contribution >= 0.6 is 0 Å². The molecule has 6 aromatic heterocycles. The summed E-state index contributed by atoms with van der Waals surface area (Å²) in [7, 11) is 0. The van der Waals surface area contributed by atoms with Crippen molar-refractivity contribution in [1.29, 1.82) is 0 Å². The fraction of sp³-hybridized carbons (Fsp3) is 0.0492. The molecule has 0 aliphatic heterocycles. The van der Waals surface area contributed by atoms with Gasteiger partial charge in [0.25, 0.3) is 0 Å². The van der Waals surface area contributed by atoms with Crippen molar-refractivity contribution in [3.63, 3.8) is 0 Å². The van der Waals surface area contributed by atoms with Gasteiger partial charge in [-0.25, -0.2) is 19.9 Å². The molecule has 30 rings (SSSR count). The minimum absolute atomic E-state index is 0.0842. The SMILES string of the molecule is CC1(C)c2ccccc2-c2ccc(-c3nc(-c4ccc(C5c6c(ccc7ccccc67)-c6c5c5ccccc5c5c6c6cccc7c8ccc(-c9ccc%10c%11c(ccc%10c9)-c9c(c%10ccccc%10c%10c9c9cccc%12c%13ccccc%13n%10c%129)C%11c9ccc(-c%10nc(-c%11ccc%12c(c%11)-c%11ccccc%11C%12)c%11ccccc%11n%10)cc9)cc8n5c76)cc4)nc4ccccc34)cc21. The molecule has 0 spiro atoms. The molecule has 128 heavy (non-hydrogen) atoms. The highest BCUT2D eigenvalue weighted by atomic mass is 14.9. The maximum atomic E-state index is 5.55. The molecule has 0 saturated heterocycles. The summed E-state index contributed by atoms with van der Waals surface area (Å²) in [5.74, 6) is 1.21. The quantitative estimate of drug-likeness (QED) is 0.160. The largest absolute Gasteiger partial charge is 0.307 e. The van der Waals surface area contributed by atoms with Crippen LogP contribution in [-0.4, -0.2) is 28.7 Å². The number of fused-ring (bicyclic) bond motifs is 38. The Kier molecular flexibility index (Phi) is 13.5. The van der Waals surface area contributed by atoms with Crippen LogP contribution in [0, 0.1) is 0 Å². The fourth-order valence-corrected chi connectivity index (χ4v) is 24.6. The van der Waals surface area contributed by atoms with Gasteiger partial charge in [-0.15, -0.1) is 0 Å². The van der Waals surface area contributed by atoms with Crippen LogP contribution in [0.1, 0.15) is 81.3 Å². The molecular weight excluding hydrogens is 1550 g/mol. The number of hydrogen-bond donors (Lipinski definition) is 0. The molecule has 6 nitrogen and oxygen atoms in total. The lowest BCUT2D eigenvalue weighted by Gasteiger charge is -2.22. The molecule has 2 atom stereocenters. The van der Waals surface area contributed by atoms with Gasteiger partial charge in [-0.05, 0) is 192 Å². The monoisotopic (exact) mass is 1620 g/mol. The Balaban J connectivity index is 0.576. The molecule has 590 valence electrons. The van der Waals surface area contributed by atoms with Crippen LogP contribution in [0.2, 0.25) is 0 Å². The topological polar surface area (TPSA) is 60.4 Å². The van der Waals surface area contributed by atoms with Gasteiger partial charge in [-0.1, -0.05) is 347 Å². The molecule has 0 amide bonds. The summed E-state index contributed by atoms with van der Waals surface area (Å²) in [4.78, 5) is 21.8. The van der Waals surface area contributed by atoms with E-state index in [1.165, 1.54) is 231 Å². The molecule has 20 aromatic carbocycles. The second kappa shape index (κ2) is 25.0. The standard InChI is InChI=1S/C122H72N6/c1-122(2)98-37-15-11-25-81(98)82-57-55-77(64-99(82)122)115-92-32-13-17-39-101(92)124-121(126-115)70-45-41-67(42-46-70)104-106-79-24-6-3-21-66(79)51-59-93(106)110-108(104)86-28-8-10-30-90(86)119-113(110)96-36-20-34-88-84-58-53-72(65-103(84)128(119)117(88)96)71-52-56-80-74(61-71)54-60-94-107(80)105(109-85-27-7-9-29-89(85)118-112(111(94)109)95-35-19-33-87-83-26-14-18-40-102(83)127(118)116(87)95)68-43-47-69(48-44-68)120-123-100-38-16-12-31-91(100)114(125-120)76-50-49-75-62-73-22-4-5-23-78(73)97(75)63-76/h3-61,63-65,104-105H,62H2,1-2H3. The lowest BCUT2D eigenvalue weighted by Crippen LogP contribution is -2.15. The van der Waals surface area contributed by atoms with Crippen LogP contribution < -0.4 is 0 Å². The third-order valence-electron chi connectivity index (χ3n) is 30.1. The second-order valence-corrected chi connectivity index (χ2v) is 36.7. The molecule has 0 saturated carbocycles. The Bertz CT molecular complexity index is 9530. The molecule has 26 aromatic rings. The first-order valence-corrected chi connectivity index (χ1v) is 44.8. The van der Waals surface area contributed by atoms with Crippen LogP contribution in [0.4, 0.5) is 0 Å². The maximum Gasteiger partial charge on any atom is 0.160 e. The smallest absolute Gasteiger partial charge is 0.160 e. The highest BCUT2D eigenvalue weighted by Crippen LogP contribution is 2.62. The van der Waals surface area contributed by atoms with Crippen molar-refractivity contribution in [1.82, 2.24) is 28.7 Å². The molecule has 2 unspecified atom stereocenters. The molecule has 4 aliphatic carbocycles. The molecular formula is C122H72N6. The van der Waals surface area contributed by atoms with Gasteiger partial charge in [0.1, 0.15) is 0 Å². The normalized spacial score (nSPS) is 14.7. The highest BCUT2D eigenvalue weighted by molar-refractivity contribution is 6.35. The maximum absolute atomic E-state index is 5.55. The predicted octanol–water partition coefficient (Wildman–Crippen LogP) is 31.0. The predicted molar refractivity (Wildman–Crippen MR) is 531 cm³/mol. The summed E-state index contributed by atoms with van der Waals surface area (Å²) in [6.07, 6.45) is 0.943. The fourth-order valence-electron chi connectivity index (χ4n) is 24.6. The summed E-state index contributed by atoms with van der Waals surface area (Å²) in [5, 5.41) is 22.3. The number of aromatic nitrogens is 6. The molecule has 6 heterocycles. The first kappa shape index (κ1) is 69.2. The summed E-state index contributed by atoms with van der Waals surface area (Å²) >= 11 is 0. The van der Waals surface area contributed by atoms with Gasteiger partial charge in [0, 0.05) is 104 Å². The third kappa shape index (κ3) is 9.09. The number of benzene rings is 20. The van der Waals surface area contributed by atoms with E-state index in [2.05, 4.69) is 399 Å². The van der Waals surface area contributed by atoms with Crippen LogP contribution in [0.5, 0.6) is 0 Å². The number of para-hydroxylation sites is 5. The zero-order valence-corrected chi connectivity index (χ0v) is 69.8. The Labute approximate surface area is 734 Å². The molecule has 6 heteroatoms. The zero-order chi connectivity index (χ0) is 83.4. The first-order valence-electron chi connectivity index (χ1n) is 44.8. The average molecular weight is 1620 g/mol. The number of rotatable bonds is 7. The second-order valence-electron chi connectivity index (χ2n) is 36.7. The third-order valence-corrected chi connectivity index (χ3v) is 30.1. The highest BCUT2D eigenvalue weighted by Gasteiger charge is 2.42. The molecule has 0 bridgehead atoms. The minimum Gasteiger partial charge on any atom is -0.307 e. The average Bonchev–Trinajstić information content (AvgIpc) is 1.51. The Hall–Kier alpha value is -16.3. The van der Waals surface area contributed by atoms with Crippen LogP contribution in [0.25, 0.3) is 242 Å². The van der Waals surface area contributed by atoms with Gasteiger partial charge in [-0.2, -0.15) is 0 Å². The summed E-state index contributed by atoms with van der Waals surface area (Å²) in [6.45, 7) is 4.70. The van der Waals surface area contributed by atoms with E-state index in [0.717, 1.165) is 61.9 Å². The van der Waals surface area contributed by atoms with Crippen LogP contribution in [-0.2, 0) is 11.8 Å². The lowest BCUT2D eigenvalue weighted by molar-refractivity contribution is 0.660. The van der Waals surface area contributed by atoms with Gasteiger partial charge in [-0.3, -0.25) is 0 Å². The van der Waals surface area contributed by atoms with Crippen molar-refractivity contribution in [2.45, 2.75) is 37.5 Å². The Morgan fingerprint density at radius 3 is 1.32 bits per heavy atom. The minimum atomic E-state index is -0.149. The lowest BCUT2D eigenvalue weighted by atomic mass is 9.82. The Morgan fingerprint density at radius 1 is 0.250 bits per heavy atom. The van der Waals surface area contributed by atoms with Crippen molar-refractivity contribution in [3.05, 3.63) is 432 Å². The van der Waals surface area contributed by atoms with Gasteiger partial charge in [0.15, 0.2) is 11.6 Å². The van der Waals surface area contributed by atoms with Gasteiger partial charge in [0.2, 0.25) is 0 Å². The summed E-state index contributed by atoms with van der Waals surface area (Å²) in [5.41, 5.74) is 41.2. The van der Waals surface area contributed by atoms with E-state index < -0.39 is 0 Å². The van der Waals surface area contributed by atoms with E-state index in [-0.39, 0.29) is 17.3 Å². The van der Waals surface area contributed by atoms with E-state index in [0.29, 0.717) is 11.6 Å². The van der Waals surface area contributed by atoms with E-state index >= 15 is 0 Å². The zero-order valence-electron chi connectivity index (χ0n) is 69.8. The molecule has 4 aliphatic rings. The van der Waals surface area contributed by atoms with Crippen LogP contribution in [0.3, 0.4) is 0 Å². The first-order chi connectivity index (χ1) is 63.3. The van der Waals surface area contributed by atoms with Gasteiger partial charge in [0.05, 0.1) is 55.5 Å². The van der Waals surface area contributed by atoms with E-state index in [1.807, 2.05) is 0 Å². The summed E-state index contributed by atoms with van der Waals surface area (Å²) < 4.78 is 5.23. The van der Waals surface area contributed by atoms with E-state index in [1.54, 1.807) is 0 Å². The molecule has 0 radical (unpaired) electrons. The molecule has 0 N–H and O–H groups in total. The summed E-state index contributed by atoms with van der Waals surface area (Å²) in [6, 6.07) is 142. The number of hydrogen-bond acceptors (Lipinski definition) is 4. The Morgan fingerprint density at radius 2 is 0.680 bits per heavy atom. The number of nitrogens with zero attached hydrogens (tertiary/aromatic N) is 6. The van der Waals surface area contributed by atoms with Crippen LogP contribution in [0.15, 0.2) is 376 Å². The van der Waals surface area contributed by atoms with Gasteiger partial charge < -0.3 is 8.80 Å². The van der Waals surface area contributed by atoms with E-state index in [9.17, 15) is 0 Å². The van der Waals surface area contributed by atoms with Crippen molar-refractivity contribution in [3.8, 4) is 101 Å². The van der Waals surface area contributed by atoms with E-state index in [4.69, 9.17) is 19.9 Å². The van der Waals surface area contributed by atoms with Crippen molar-refractivity contribution in [2.24, 2.45) is 0 Å². The van der Waals surface area contributed by atoms with Crippen molar-refractivity contribution < 1.29 is 0 Å². The van der Waals surface area contributed by atoms with Crippen molar-refractivity contribution >= 4 is 141 Å². The van der Waals surface area contributed by atoms with Gasteiger partial charge >= 0.3 is 0 Å².